The summed E-state index contributed by atoms with van der Waals surface area (Å²) in [4.78, 5) is 0. The van der Waals surface area contributed by atoms with E-state index in [4.69, 9.17) is 10.2 Å². The second-order valence-corrected chi connectivity index (χ2v) is 14.4. The molecule has 0 unspecified atom stereocenters. The predicted octanol–water partition coefficient (Wildman–Crippen LogP) is 6.63. The molecule has 0 fully saturated rings. The molecule has 4 rings (SSSR count). The first-order valence-electron chi connectivity index (χ1n) is 11.9. The van der Waals surface area contributed by atoms with E-state index in [1.165, 1.54) is 32.6 Å². The van der Waals surface area contributed by atoms with Gasteiger partial charge in [-0.05, 0) is 69.2 Å². The smallest absolute Gasteiger partial charge is 0.261 e. The van der Waals surface area contributed by atoms with Gasteiger partial charge in [0.25, 0.3) is 8.32 Å². The molecule has 0 spiro atoms. The van der Waals surface area contributed by atoms with Gasteiger partial charge in [0.1, 0.15) is 0 Å². The van der Waals surface area contributed by atoms with Gasteiger partial charge in [-0.15, -0.1) is 0 Å². The number of anilines is 1. The highest BCUT2D eigenvalue weighted by Gasteiger charge is 2.50. The summed E-state index contributed by atoms with van der Waals surface area (Å²) < 4.78 is 7.24. The molecule has 3 heteroatoms. The van der Waals surface area contributed by atoms with Crippen molar-refractivity contribution in [2.24, 2.45) is 0 Å². The van der Waals surface area contributed by atoms with Crippen molar-refractivity contribution in [3.05, 3.63) is 114 Å². The van der Waals surface area contributed by atoms with Crippen LogP contribution in [0.2, 0.25) is 5.04 Å². The molecule has 0 aromatic heterocycles. The third-order valence-corrected chi connectivity index (χ3v) is 11.9. The lowest BCUT2D eigenvalue weighted by molar-refractivity contribution is 0.285. The van der Waals surface area contributed by atoms with Crippen LogP contribution in [0.4, 0.5) is 5.69 Å². The van der Waals surface area contributed by atoms with E-state index in [-0.39, 0.29) is 5.04 Å². The first kappa shape index (κ1) is 24.0. The first-order chi connectivity index (χ1) is 16.2. The molecule has 2 N–H and O–H groups in total. The molecule has 0 atom stereocenters. The molecular formula is C31H35NOSi. The van der Waals surface area contributed by atoms with Crippen molar-refractivity contribution in [3.63, 3.8) is 0 Å². The predicted molar refractivity (Wildman–Crippen MR) is 148 cm³/mol. The van der Waals surface area contributed by atoms with Crippen molar-refractivity contribution >= 4 is 24.4 Å². The van der Waals surface area contributed by atoms with E-state index in [0.29, 0.717) is 6.61 Å². The van der Waals surface area contributed by atoms with Gasteiger partial charge in [-0.1, -0.05) is 106 Å². The van der Waals surface area contributed by atoms with Crippen LogP contribution in [-0.4, -0.2) is 8.32 Å². The summed E-state index contributed by atoms with van der Waals surface area (Å²) in [5.74, 6) is 0. The Morgan fingerprint density at radius 2 is 1.32 bits per heavy atom. The van der Waals surface area contributed by atoms with Gasteiger partial charge < -0.3 is 10.2 Å². The fraction of sp³-hybridized carbons (Fsp3) is 0.226. The Labute approximate surface area is 205 Å². The zero-order valence-electron chi connectivity index (χ0n) is 20.9. The minimum absolute atomic E-state index is 0.0526. The van der Waals surface area contributed by atoms with E-state index in [1.54, 1.807) is 0 Å². The third-order valence-electron chi connectivity index (χ3n) is 6.88. The van der Waals surface area contributed by atoms with E-state index in [9.17, 15) is 0 Å². The molecule has 34 heavy (non-hydrogen) atoms. The Kier molecular flexibility index (Phi) is 6.78. The molecule has 4 aromatic rings. The summed E-state index contributed by atoms with van der Waals surface area (Å²) >= 11 is 0. The monoisotopic (exact) mass is 465 g/mol. The molecule has 0 heterocycles. The highest BCUT2D eigenvalue weighted by Crippen LogP contribution is 2.38. The number of nitrogen functional groups attached to an aromatic ring is 1. The quantitative estimate of drug-likeness (QED) is 0.256. The highest BCUT2D eigenvalue weighted by molar-refractivity contribution is 6.99. The average Bonchev–Trinajstić information content (AvgIpc) is 2.82. The summed E-state index contributed by atoms with van der Waals surface area (Å²) in [7, 11) is -2.60. The van der Waals surface area contributed by atoms with E-state index in [2.05, 4.69) is 113 Å². The van der Waals surface area contributed by atoms with Crippen LogP contribution in [0, 0.1) is 13.8 Å². The lowest BCUT2D eigenvalue weighted by Gasteiger charge is -2.43. The van der Waals surface area contributed by atoms with Gasteiger partial charge in [0.15, 0.2) is 0 Å². The Balaban J connectivity index is 1.83. The van der Waals surface area contributed by atoms with E-state index < -0.39 is 8.32 Å². The third kappa shape index (κ3) is 4.46. The zero-order valence-corrected chi connectivity index (χ0v) is 21.9. The molecule has 2 nitrogen and oxygen atoms in total. The topological polar surface area (TPSA) is 35.2 Å². The maximum Gasteiger partial charge on any atom is 0.261 e. The minimum atomic E-state index is -2.60. The zero-order chi connectivity index (χ0) is 24.3. The molecule has 0 radical (unpaired) electrons. The summed E-state index contributed by atoms with van der Waals surface area (Å²) in [5.41, 5.74) is 13.0. The second kappa shape index (κ2) is 9.61. The SMILES string of the molecule is Cc1ccc(-c2cccc(N)c2)c(C)c1CO[Si](c1ccccc1)(c1ccccc1)C(C)(C)C. The van der Waals surface area contributed by atoms with Gasteiger partial charge in [-0.3, -0.25) is 0 Å². The van der Waals surface area contributed by atoms with Crippen LogP contribution >= 0.6 is 0 Å². The van der Waals surface area contributed by atoms with Crippen molar-refractivity contribution < 1.29 is 4.43 Å². The van der Waals surface area contributed by atoms with Crippen molar-refractivity contribution in [2.45, 2.75) is 46.3 Å². The van der Waals surface area contributed by atoms with Gasteiger partial charge in [-0.2, -0.15) is 0 Å². The summed E-state index contributed by atoms with van der Waals surface area (Å²) in [5, 5.41) is 2.55. The van der Waals surface area contributed by atoms with Gasteiger partial charge in [0.2, 0.25) is 0 Å². The summed E-state index contributed by atoms with van der Waals surface area (Å²) in [6, 6.07) is 34.2. The van der Waals surface area contributed by atoms with Crippen LogP contribution in [0.15, 0.2) is 97.1 Å². The first-order valence-corrected chi connectivity index (χ1v) is 13.8. The summed E-state index contributed by atoms with van der Waals surface area (Å²) in [6.07, 6.45) is 0. The second-order valence-electron chi connectivity index (χ2n) is 10.1. The molecule has 0 aliphatic rings. The van der Waals surface area contributed by atoms with Crippen LogP contribution in [-0.2, 0) is 11.0 Å². The van der Waals surface area contributed by atoms with Crippen LogP contribution in [0.25, 0.3) is 11.1 Å². The van der Waals surface area contributed by atoms with Crippen molar-refractivity contribution in [1.29, 1.82) is 0 Å². The van der Waals surface area contributed by atoms with E-state index in [0.717, 1.165) is 11.3 Å². The number of aryl methyl sites for hydroxylation is 1. The molecule has 174 valence electrons. The average molecular weight is 466 g/mol. The Hall–Kier alpha value is -3.14. The fourth-order valence-electron chi connectivity index (χ4n) is 5.08. The Morgan fingerprint density at radius 3 is 1.85 bits per heavy atom. The van der Waals surface area contributed by atoms with Crippen LogP contribution in [0.5, 0.6) is 0 Å². The summed E-state index contributed by atoms with van der Waals surface area (Å²) in [6.45, 7) is 11.9. The number of rotatable bonds is 6. The molecule has 0 bridgehead atoms. The maximum absolute atomic E-state index is 7.24. The van der Waals surface area contributed by atoms with Gasteiger partial charge in [-0.25, -0.2) is 0 Å². The number of benzene rings is 4. The lowest BCUT2D eigenvalue weighted by Crippen LogP contribution is -2.66. The molecule has 0 aliphatic heterocycles. The molecular weight excluding hydrogens is 430 g/mol. The molecule has 4 aromatic carbocycles. The van der Waals surface area contributed by atoms with Crippen molar-refractivity contribution in [2.75, 3.05) is 5.73 Å². The molecule has 0 amide bonds. The number of hydrogen-bond donors (Lipinski definition) is 1. The van der Waals surface area contributed by atoms with Gasteiger partial charge >= 0.3 is 0 Å². The largest absolute Gasteiger partial charge is 0.403 e. The molecule has 0 aliphatic carbocycles. The lowest BCUT2D eigenvalue weighted by atomic mass is 9.93. The van der Waals surface area contributed by atoms with Crippen molar-refractivity contribution in [1.82, 2.24) is 0 Å². The fourth-order valence-corrected chi connectivity index (χ4v) is 9.59. The Morgan fingerprint density at radius 1 is 0.735 bits per heavy atom. The number of hydrogen-bond acceptors (Lipinski definition) is 2. The number of nitrogens with two attached hydrogens (primary N) is 1. The normalized spacial score (nSPS) is 12.0. The highest BCUT2D eigenvalue weighted by atomic mass is 28.4. The Bertz CT molecular complexity index is 1220. The van der Waals surface area contributed by atoms with Crippen LogP contribution in [0.3, 0.4) is 0 Å². The molecule has 0 saturated heterocycles. The minimum Gasteiger partial charge on any atom is -0.403 e. The maximum atomic E-state index is 7.24. The van der Waals surface area contributed by atoms with E-state index >= 15 is 0 Å². The van der Waals surface area contributed by atoms with Gasteiger partial charge in [0.05, 0.1) is 6.61 Å². The van der Waals surface area contributed by atoms with Gasteiger partial charge in [0, 0.05) is 5.69 Å². The van der Waals surface area contributed by atoms with E-state index in [1.807, 2.05) is 18.2 Å². The molecule has 0 saturated carbocycles. The standard InChI is InChI=1S/C31H35NOSi/c1-23-19-20-29(25-13-12-14-26(32)21-25)24(2)30(23)22-33-34(31(3,4)5,27-15-8-6-9-16-27)28-17-10-7-11-18-28/h6-21H,22,32H2,1-5H3. The van der Waals surface area contributed by atoms with Crippen molar-refractivity contribution in [3.8, 4) is 11.1 Å². The van der Waals surface area contributed by atoms with Crippen LogP contribution < -0.4 is 16.1 Å². The van der Waals surface area contributed by atoms with Crippen LogP contribution in [0.1, 0.15) is 37.5 Å².